The molecule has 1 aromatic rings. The average molecular weight is 284 g/mol. The van der Waals surface area contributed by atoms with Gasteiger partial charge in [0.2, 0.25) is 0 Å². The van der Waals surface area contributed by atoms with Gasteiger partial charge in [-0.3, -0.25) is 0 Å². The summed E-state index contributed by atoms with van der Waals surface area (Å²) in [7, 11) is 0. The van der Waals surface area contributed by atoms with Crippen LogP contribution in [0.2, 0.25) is 0 Å². The number of benzene rings is 1. The van der Waals surface area contributed by atoms with Gasteiger partial charge in [0, 0.05) is 6.04 Å². The highest BCUT2D eigenvalue weighted by atomic mass is 32.1. The topological polar surface area (TPSA) is 52.6 Å². The number of carbonyl (C=O) groups is 1. The number of amides is 2. The van der Waals surface area contributed by atoms with E-state index < -0.39 is 17.6 Å². The summed E-state index contributed by atoms with van der Waals surface area (Å²) in [5, 5.41) is 12.4. The van der Waals surface area contributed by atoms with Crippen molar-refractivity contribution in [3.05, 3.63) is 24.0 Å². The van der Waals surface area contributed by atoms with Gasteiger partial charge in [-0.2, -0.15) is 0 Å². The van der Waals surface area contributed by atoms with Crippen molar-refractivity contribution in [1.82, 2.24) is 5.32 Å². The van der Waals surface area contributed by atoms with E-state index in [-0.39, 0.29) is 11.7 Å². The second-order valence-corrected chi connectivity index (χ2v) is 5.10. The molecule has 0 radical (unpaired) electrons. The predicted molar refractivity (Wildman–Crippen MR) is 74.9 cm³/mol. The van der Waals surface area contributed by atoms with Crippen molar-refractivity contribution in [2.24, 2.45) is 0 Å². The smallest absolute Gasteiger partial charge is 0.332 e. The lowest BCUT2D eigenvalue weighted by Crippen LogP contribution is -2.42. The fraction of sp³-hybridized carbons (Fsp3) is 0.462. The molecule has 1 aliphatic rings. The van der Waals surface area contributed by atoms with Crippen LogP contribution in [0.15, 0.2) is 18.2 Å². The number of thiol groups is 1. The Morgan fingerprint density at radius 3 is 2.74 bits per heavy atom. The van der Waals surface area contributed by atoms with E-state index in [4.69, 9.17) is 0 Å². The van der Waals surface area contributed by atoms with E-state index >= 15 is 0 Å². The van der Waals surface area contributed by atoms with Crippen LogP contribution in [0.25, 0.3) is 0 Å². The lowest BCUT2D eigenvalue weighted by Gasteiger charge is -2.25. The van der Waals surface area contributed by atoms with Crippen molar-refractivity contribution in [1.29, 1.82) is 0 Å². The van der Waals surface area contributed by atoms with Crippen LogP contribution < -0.4 is 9.62 Å². The second kappa shape index (κ2) is 6.14. The molecule has 0 heterocycles. The summed E-state index contributed by atoms with van der Waals surface area (Å²) in [6.07, 6.45) is 5.29. The van der Waals surface area contributed by atoms with E-state index in [1.165, 1.54) is 18.6 Å². The van der Waals surface area contributed by atoms with Crippen LogP contribution in [0.3, 0.4) is 0 Å². The quantitative estimate of drug-likeness (QED) is 0.730. The van der Waals surface area contributed by atoms with E-state index in [0.29, 0.717) is 0 Å². The third kappa shape index (κ3) is 3.32. The number of hydrogen-bond donors (Lipinski definition) is 3. The highest BCUT2D eigenvalue weighted by Gasteiger charge is 2.21. The number of nitrogens with one attached hydrogen (secondary N) is 1. The van der Waals surface area contributed by atoms with Crippen LogP contribution in [0, 0.1) is 5.82 Å². The second-order valence-electron chi connectivity index (χ2n) is 4.70. The number of phenolic OH excluding ortho intramolecular Hbond substituents is 1. The number of aromatic hydroxyl groups is 1. The number of nitrogens with zero attached hydrogens (tertiary/aromatic N) is 1. The first-order valence-corrected chi connectivity index (χ1v) is 6.76. The standard InChI is InChI=1S/C13H17FN2O2S/c14-10-7-4-8-11(12(10)17)16(19)13(18)15-9-5-2-1-3-6-9/h4,7-9,17,19H,1-3,5-6H2,(H,15,18). The molecule has 0 bridgehead atoms. The molecule has 2 rings (SSSR count). The van der Waals surface area contributed by atoms with Gasteiger partial charge >= 0.3 is 6.03 Å². The Kier molecular flexibility index (Phi) is 4.52. The molecular formula is C13H17FN2O2S. The molecule has 19 heavy (non-hydrogen) atoms. The number of rotatable bonds is 2. The van der Waals surface area contributed by atoms with Gasteiger partial charge in [-0.25, -0.2) is 13.5 Å². The highest BCUT2D eigenvalue weighted by molar-refractivity contribution is 7.82. The summed E-state index contributed by atoms with van der Waals surface area (Å²) in [6.45, 7) is 0. The lowest BCUT2D eigenvalue weighted by atomic mass is 9.96. The summed E-state index contributed by atoms with van der Waals surface area (Å²) >= 11 is 4.03. The van der Waals surface area contributed by atoms with Crippen molar-refractivity contribution in [3.8, 4) is 5.75 Å². The molecule has 1 aliphatic carbocycles. The lowest BCUT2D eigenvalue weighted by molar-refractivity contribution is 0.241. The Bertz CT molecular complexity index is 464. The number of carbonyl (C=O) groups excluding carboxylic acids is 1. The first kappa shape index (κ1) is 14.0. The van der Waals surface area contributed by atoms with Crippen molar-refractivity contribution in [2.75, 3.05) is 4.31 Å². The number of anilines is 1. The Morgan fingerprint density at radius 1 is 1.37 bits per heavy atom. The largest absolute Gasteiger partial charge is 0.503 e. The van der Waals surface area contributed by atoms with Crippen LogP contribution >= 0.6 is 12.8 Å². The number of halogens is 1. The molecule has 0 spiro atoms. The molecular weight excluding hydrogens is 267 g/mol. The molecule has 0 unspecified atom stereocenters. The van der Waals surface area contributed by atoms with Crippen molar-refractivity contribution in [2.45, 2.75) is 38.1 Å². The molecule has 0 aromatic heterocycles. The van der Waals surface area contributed by atoms with E-state index in [2.05, 4.69) is 18.1 Å². The van der Waals surface area contributed by atoms with Gasteiger partial charge in [0.05, 0.1) is 0 Å². The third-order valence-corrected chi connectivity index (χ3v) is 3.72. The summed E-state index contributed by atoms with van der Waals surface area (Å²) in [5.41, 5.74) is 0.0386. The number of hydrogen-bond acceptors (Lipinski definition) is 3. The fourth-order valence-corrected chi connectivity index (χ4v) is 2.49. The third-order valence-electron chi connectivity index (χ3n) is 3.32. The molecule has 1 aromatic carbocycles. The van der Waals surface area contributed by atoms with Crippen molar-refractivity contribution < 1.29 is 14.3 Å². The highest BCUT2D eigenvalue weighted by Crippen LogP contribution is 2.31. The maximum atomic E-state index is 13.2. The number of para-hydroxylation sites is 1. The minimum atomic E-state index is -0.776. The molecule has 0 atom stereocenters. The molecule has 6 heteroatoms. The zero-order valence-corrected chi connectivity index (χ0v) is 11.4. The monoisotopic (exact) mass is 284 g/mol. The van der Waals surface area contributed by atoms with E-state index in [1.54, 1.807) is 0 Å². The Morgan fingerprint density at radius 2 is 2.05 bits per heavy atom. The molecule has 4 nitrogen and oxygen atoms in total. The Labute approximate surface area is 117 Å². The first-order chi connectivity index (χ1) is 9.09. The summed E-state index contributed by atoms with van der Waals surface area (Å²) in [4.78, 5) is 12.0. The maximum absolute atomic E-state index is 13.2. The van der Waals surface area contributed by atoms with Gasteiger partial charge in [0.1, 0.15) is 5.69 Å². The zero-order valence-electron chi connectivity index (χ0n) is 10.5. The van der Waals surface area contributed by atoms with Crippen LogP contribution in [0.5, 0.6) is 5.75 Å². The molecule has 0 saturated heterocycles. The van der Waals surface area contributed by atoms with E-state index in [0.717, 1.165) is 36.1 Å². The molecule has 1 saturated carbocycles. The molecule has 2 N–H and O–H groups in total. The van der Waals surface area contributed by atoms with Crippen LogP contribution in [0.4, 0.5) is 14.9 Å². The summed E-state index contributed by atoms with van der Waals surface area (Å²) < 4.78 is 14.2. The minimum absolute atomic E-state index is 0.0386. The van der Waals surface area contributed by atoms with Crippen molar-refractivity contribution in [3.63, 3.8) is 0 Å². The number of phenols is 1. The van der Waals surface area contributed by atoms with Gasteiger partial charge in [-0.05, 0) is 25.0 Å². The molecule has 2 amide bonds. The number of urea groups is 1. The Hall–Kier alpha value is -1.43. The van der Waals surface area contributed by atoms with Crippen LogP contribution in [-0.2, 0) is 0 Å². The molecule has 0 aliphatic heterocycles. The van der Waals surface area contributed by atoms with Crippen molar-refractivity contribution >= 4 is 24.5 Å². The predicted octanol–water partition coefficient (Wildman–Crippen LogP) is 3.22. The van der Waals surface area contributed by atoms with E-state index in [1.807, 2.05) is 0 Å². The zero-order chi connectivity index (χ0) is 13.8. The fourth-order valence-electron chi connectivity index (χ4n) is 2.27. The van der Waals surface area contributed by atoms with Gasteiger partial charge < -0.3 is 10.4 Å². The maximum Gasteiger partial charge on any atom is 0.332 e. The SMILES string of the molecule is O=C(NC1CCCCC1)N(S)c1cccc(F)c1O. The minimum Gasteiger partial charge on any atom is -0.503 e. The van der Waals surface area contributed by atoms with Gasteiger partial charge in [0.25, 0.3) is 0 Å². The first-order valence-electron chi connectivity index (χ1n) is 6.36. The summed E-state index contributed by atoms with van der Waals surface area (Å²) in [6, 6.07) is 3.66. The van der Waals surface area contributed by atoms with Gasteiger partial charge in [0.15, 0.2) is 11.6 Å². The Balaban J connectivity index is 2.03. The molecule has 104 valence electrons. The van der Waals surface area contributed by atoms with Crippen LogP contribution in [0.1, 0.15) is 32.1 Å². The van der Waals surface area contributed by atoms with E-state index in [9.17, 15) is 14.3 Å². The normalized spacial score (nSPS) is 16.1. The molecule has 1 fully saturated rings. The van der Waals surface area contributed by atoms with Gasteiger partial charge in [-0.15, -0.1) is 0 Å². The van der Waals surface area contributed by atoms with Crippen LogP contribution in [-0.4, -0.2) is 17.2 Å². The van der Waals surface area contributed by atoms with Gasteiger partial charge in [-0.1, -0.05) is 38.1 Å². The summed E-state index contributed by atoms with van der Waals surface area (Å²) in [5.74, 6) is -1.35. The average Bonchev–Trinajstić information content (AvgIpc) is 2.42.